The number of nitrogens with one attached hydrogen (secondary N) is 2. The summed E-state index contributed by atoms with van der Waals surface area (Å²) in [5.41, 5.74) is 2.44. The van der Waals surface area contributed by atoms with Gasteiger partial charge in [-0.15, -0.1) is 0 Å². The minimum absolute atomic E-state index is 0.0632. The molecule has 0 bridgehead atoms. The molecule has 2 N–H and O–H groups in total. The molecule has 6 nitrogen and oxygen atoms in total. The van der Waals surface area contributed by atoms with Crippen LogP contribution in [0.3, 0.4) is 0 Å². The normalized spacial score (nSPS) is 12.6. The summed E-state index contributed by atoms with van der Waals surface area (Å²) in [5, 5.41) is 2.93. The van der Waals surface area contributed by atoms with Gasteiger partial charge in [-0.2, -0.15) is 0 Å². The highest BCUT2D eigenvalue weighted by atomic mass is 32.2. The lowest BCUT2D eigenvalue weighted by Gasteiger charge is -2.26. The van der Waals surface area contributed by atoms with Crippen molar-refractivity contribution in [2.75, 3.05) is 24.4 Å². The lowest BCUT2D eigenvalue weighted by atomic mass is 10.1. The first kappa shape index (κ1) is 22.9. The van der Waals surface area contributed by atoms with Crippen molar-refractivity contribution in [3.63, 3.8) is 0 Å². The third kappa shape index (κ3) is 5.81. The molecule has 0 radical (unpaired) electrons. The van der Waals surface area contributed by atoms with Gasteiger partial charge in [0.15, 0.2) is 0 Å². The van der Waals surface area contributed by atoms with E-state index in [1.54, 1.807) is 25.1 Å². The molecular formula is C22H31N3O3S. The van der Waals surface area contributed by atoms with E-state index in [9.17, 15) is 13.2 Å². The van der Waals surface area contributed by atoms with E-state index < -0.39 is 10.0 Å². The highest BCUT2D eigenvalue weighted by molar-refractivity contribution is 7.92. The van der Waals surface area contributed by atoms with Crippen LogP contribution in [0.15, 0.2) is 47.4 Å². The summed E-state index contributed by atoms with van der Waals surface area (Å²) < 4.78 is 28.2. The molecule has 1 amide bonds. The Bertz CT molecular complexity index is 954. The van der Waals surface area contributed by atoms with Crippen LogP contribution in [-0.2, 0) is 10.0 Å². The number of likely N-dealkylation sites (N-methyl/N-ethyl adjacent to an activating group) is 1. The Morgan fingerprint density at radius 2 is 1.69 bits per heavy atom. The molecule has 0 heterocycles. The van der Waals surface area contributed by atoms with Crippen molar-refractivity contribution >= 4 is 21.6 Å². The Balaban J connectivity index is 2.20. The van der Waals surface area contributed by atoms with Gasteiger partial charge in [0, 0.05) is 18.2 Å². The Hall–Kier alpha value is -2.38. The quantitative estimate of drug-likeness (QED) is 0.654. The van der Waals surface area contributed by atoms with Gasteiger partial charge in [0.1, 0.15) is 0 Å². The fourth-order valence-corrected chi connectivity index (χ4v) is 4.37. The molecule has 0 aliphatic heterocycles. The van der Waals surface area contributed by atoms with E-state index in [0.717, 1.165) is 24.2 Å². The Kier molecular flexibility index (Phi) is 7.81. The van der Waals surface area contributed by atoms with Crippen LogP contribution in [0.2, 0.25) is 0 Å². The van der Waals surface area contributed by atoms with Crippen molar-refractivity contribution in [2.45, 2.75) is 45.6 Å². The minimum atomic E-state index is -3.80. The fourth-order valence-electron chi connectivity index (χ4n) is 3.22. The van der Waals surface area contributed by atoms with Gasteiger partial charge in [-0.05, 0) is 63.2 Å². The second-order valence-corrected chi connectivity index (χ2v) is 8.86. The molecule has 0 aliphatic rings. The molecule has 0 spiro atoms. The summed E-state index contributed by atoms with van der Waals surface area (Å²) in [6, 6.07) is 12.0. The molecule has 1 atom stereocenters. The summed E-state index contributed by atoms with van der Waals surface area (Å²) in [5.74, 6) is -0.269. The first-order valence-electron chi connectivity index (χ1n) is 9.91. The largest absolute Gasteiger partial charge is 0.350 e. The van der Waals surface area contributed by atoms with Crippen LogP contribution < -0.4 is 10.0 Å². The molecule has 2 aromatic carbocycles. The smallest absolute Gasteiger partial charge is 0.261 e. The average Bonchev–Trinajstić information content (AvgIpc) is 2.69. The second kappa shape index (κ2) is 9.89. The van der Waals surface area contributed by atoms with Gasteiger partial charge in [0.25, 0.3) is 15.9 Å². The van der Waals surface area contributed by atoms with Crippen molar-refractivity contribution in [1.82, 2.24) is 10.2 Å². The zero-order valence-electron chi connectivity index (χ0n) is 17.8. The van der Waals surface area contributed by atoms with E-state index in [4.69, 9.17) is 0 Å². The summed E-state index contributed by atoms with van der Waals surface area (Å²) in [6.07, 6.45) is 0. The highest BCUT2D eigenvalue weighted by Crippen LogP contribution is 2.21. The van der Waals surface area contributed by atoms with Crippen molar-refractivity contribution in [1.29, 1.82) is 0 Å². The molecule has 0 fully saturated rings. The predicted molar refractivity (Wildman–Crippen MR) is 118 cm³/mol. The molecule has 29 heavy (non-hydrogen) atoms. The molecule has 7 heteroatoms. The van der Waals surface area contributed by atoms with Crippen LogP contribution in [0.25, 0.3) is 0 Å². The number of sulfonamides is 1. The molecular weight excluding hydrogens is 386 g/mol. The number of nitrogens with zero attached hydrogens (tertiary/aromatic N) is 1. The molecule has 0 saturated carbocycles. The van der Waals surface area contributed by atoms with E-state index in [2.05, 4.69) is 35.7 Å². The number of carbonyl (C=O) groups is 1. The van der Waals surface area contributed by atoms with E-state index in [-0.39, 0.29) is 16.8 Å². The number of amides is 1. The summed E-state index contributed by atoms with van der Waals surface area (Å²) >= 11 is 0. The van der Waals surface area contributed by atoms with Crippen LogP contribution in [0.4, 0.5) is 5.69 Å². The maximum atomic E-state index is 12.8. The number of benzene rings is 2. The van der Waals surface area contributed by atoms with Crippen LogP contribution in [0.5, 0.6) is 0 Å². The number of hydrogen-bond donors (Lipinski definition) is 2. The molecule has 0 aliphatic carbocycles. The molecule has 0 saturated heterocycles. The number of para-hydroxylation sites is 1. The molecule has 2 rings (SSSR count). The van der Waals surface area contributed by atoms with E-state index >= 15 is 0 Å². The average molecular weight is 418 g/mol. The zero-order valence-corrected chi connectivity index (χ0v) is 18.6. The van der Waals surface area contributed by atoms with Crippen molar-refractivity contribution in [3.05, 3.63) is 59.2 Å². The van der Waals surface area contributed by atoms with Crippen molar-refractivity contribution in [3.8, 4) is 0 Å². The fraction of sp³-hybridized carbons (Fsp3) is 0.409. The van der Waals surface area contributed by atoms with E-state index in [1.807, 2.05) is 19.1 Å². The molecule has 2 aromatic rings. The number of rotatable bonds is 9. The lowest BCUT2D eigenvalue weighted by Crippen LogP contribution is -2.42. The highest BCUT2D eigenvalue weighted by Gasteiger charge is 2.19. The standard InChI is InChI=1S/C22H31N3O3S/c1-6-25(7-2)18(5)15-23-22(26)20-14-19(13-12-16(20)3)29(27,28)24-21-11-9-8-10-17(21)4/h8-14,18,24H,6-7,15H2,1-5H3,(H,23,26). The van der Waals surface area contributed by atoms with Crippen LogP contribution in [-0.4, -0.2) is 44.9 Å². The second-order valence-electron chi connectivity index (χ2n) is 7.18. The van der Waals surface area contributed by atoms with Gasteiger partial charge in [0.2, 0.25) is 0 Å². The third-order valence-corrected chi connectivity index (χ3v) is 6.51. The van der Waals surface area contributed by atoms with E-state index in [1.165, 1.54) is 12.1 Å². The van der Waals surface area contributed by atoms with Gasteiger partial charge in [-0.25, -0.2) is 8.42 Å². The van der Waals surface area contributed by atoms with Gasteiger partial charge >= 0.3 is 0 Å². The minimum Gasteiger partial charge on any atom is -0.350 e. The molecule has 1 unspecified atom stereocenters. The summed E-state index contributed by atoms with van der Waals surface area (Å²) in [4.78, 5) is 15.0. The third-order valence-electron chi connectivity index (χ3n) is 5.15. The molecule has 0 aromatic heterocycles. The van der Waals surface area contributed by atoms with Crippen molar-refractivity contribution in [2.24, 2.45) is 0 Å². The number of hydrogen-bond acceptors (Lipinski definition) is 4. The van der Waals surface area contributed by atoms with Gasteiger partial charge in [-0.1, -0.05) is 38.1 Å². The van der Waals surface area contributed by atoms with E-state index in [0.29, 0.717) is 17.8 Å². The molecule has 158 valence electrons. The van der Waals surface area contributed by atoms with Gasteiger partial charge < -0.3 is 5.32 Å². The van der Waals surface area contributed by atoms with Crippen LogP contribution >= 0.6 is 0 Å². The lowest BCUT2D eigenvalue weighted by molar-refractivity contribution is 0.0937. The van der Waals surface area contributed by atoms with Crippen molar-refractivity contribution < 1.29 is 13.2 Å². The summed E-state index contributed by atoms with van der Waals surface area (Å²) in [6.45, 7) is 12.2. The topological polar surface area (TPSA) is 78.5 Å². The maximum absolute atomic E-state index is 12.8. The number of aryl methyl sites for hydroxylation is 2. The Labute approximate surface area is 174 Å². The first-order chi connectivity index (χ1) is 13.7. The summed E-state index contributed by atoms with van der Waals surface area (Å²) in [7, 11) is -3.80. The van der Waals surface area contributed by atoms with Crippen LogP contribution in [0.1, 0.15) is 42.3 Å². The zero-order chi connectivity index (χ0) is 21.6. The van der Waals surface area contributed by atoms with Gasteiger partial charge in [-0.3, -0.25) is 14.4 Å². The predicted octanol–water partition coefficient (Wildman–Crippen LogP) is 3.56. The SMILES string of the molecule is CCN(CC)C(C)CNC(=O)c1cc(S(=O)(=O)Nc2ccccc2C)ccc1C. The van der Waals surface area contributed by atoms with Gasteiger partial charge in [0.05, 0.1) is 10.6 Å². The number of carbonyl (C=O) groups excluding carboxylic acids is 1. The number of anilines is 1. The first-order valence-corrected chi connectivity index (χ1v) is 11.4. The van der Waals surface area contributed by atoms with Crippen LogP contribution in [0, 0.1) is 13.8 Å². The Morgan fingerprint density at radius 1 is 1.03 bits per heavy atom. The Morgan fingerprint density at radius 3 is 2.31 bits per heavy atom. The maximum Gasteiger partial charge on any atom is 0.261 e. The monoisotopic (exact) mass is 417 g/mol.